The molecule has 22 heavy (non-hydrogen) atoms. The quantitative estimate of drug-likeness (QED) is 0.774. The van der Waals surface area contributed by atoms with Crippen molar-refractivity contribution in [3.8, 4) is 0 Å². The highest BCUT2D eigenvalue weighted by Gasteiger charge is 2.26. The second-order valence-electron chi connectivity index (χ2n) is 6.26. The van der Waals surface area contributed by atoms with E-state index < -0.39 is 11.6 Å². The summed E-state index contributed by atoms with van der Waals surface area (Å²) in [5.41, 5.74) is -0.120. The van der Waals surface area contributed by atoms with Crippen molar-refractivity contribution >= 4 is 11.8 Å². The number of aromatic nitrogens is 2. The van der Waals surface area contributed by atoms with Gasteiger partial charge in [-0.2, -0.15) is 4.98 Å². The highest BCUT2D eigenvalue weighted by atomic mass is 32.2. The van der Waals surface area contributed by atoms with Crippen molar-refractivity contribution < 1.29 is 13.3 Å². The summed E-state index contributed by atoms with van der Waals surface area (Å²) in [5.74, 6) is 0.0272. The van der Waals surface area contributed by atoms with Crippen LogP contribution in [0.15, 0.2) is 22.7 Å². The molecule has 2 aromatic rings. The van der Waals surface area contributed by atoms with Crippen LogP contribution in [-0.2, 0) is 5.41 Å². The molecule has 0 amide bonds. The van der Waals surface area contributed by atoms with Crippen LogP contribution in [0.5, 0.6) is 0 Å². The first-order chi connectivity index (χ1) is 10.2. The van der Waals surface area contributed by atoms with Gasteiger partial charge in [0.2, 0.25) is 5.89 Å². The SMILES string of the molecule is CC(SC(C)c1c(F)cccc1F)c1nc(C(C)(C)C)no1. The molecule has 1 aromatic heterocycles. The van der Waals surface area contributed by atoms with E-state index in [1.54, 1.807) is 6.92 Å². The molecule has 0 fully saturated rings. The third-order valence-electron chi connectivity index (χ3n) is 3.27. The van der Waals surface area contributed by atoms with Crippen LogP contribution < -0.4 is 0 Å². The van der Waals surface area contributed by atoms with Gasteiger partial charge >= 0.3 is 0 Å². The molecule has 3 nitrogen and oxygen atoms in total. The third-order valence-corrected chi connectivity index (χ3v) is 4.53. The van der Waals surface area contributed by atoms with Crippen molar-refractivity contribution in [3.63, 3.8) is 0 Å². The minimum Gasteiger partial charge on any atom is -0.338 e. The largest absolute Gasteiger partial charge is 0.338 e. The lowest BCUT2D eigenvalue weighted by Gasteiger charge is -2.16. The number of thioether (sulfide) groups is 1. The Hall–Kier alpha value is -1.43. The lowest BCUT2D eigenvalue weighted by Crippen LogP contribution is -2.13. The molecule has 0 bridgehead atoms. The van der Waals surface area contributed by atoms with Gasteiger partial charge in [0.05, 0.1) is 5.25 Å². The molecule has 1 heterocycles. The molecule has 0 radical (unpaired) electrons. The van der Waals surface area contributed by atoms with E-state index in [0.29, 0.717) is 11.7 Å². The zero-order chi connectivity index (χ0) is 16.5. The summed E-state index contributed by atoms with van der Waals surface area (Å²) in [6.45, 7) is 9.65. The number of nitrogens with zero attached hydrogens (tertiary/aromatic N) is 2. The Morgan fingerprint density at radius 3 is 2.18 bits per heavy atom. The Morgan fingerprint density at radius 2 is 1.68 bits per heavy atom. The second-order valence-corrected chi connectivity index (χ2v) is 7.95. The molecule has 0 saturated heterocycles. The first kappa shape index (κ1) is 16.9. The van der Waals surface area contributed by atoms with E-state index in [4.69, 9.17) is 4.52 Å². The van der Waals surface area contributed by atoms with Crippen molar-refractivity contribution in [2.45, 2.75) is 50.5 Å². The van der Waals surface area contributed by atoms with Gasteiger partial charge in [0, 0.05) is 16.2 Å². The maximum atomic E-state index is 13.8. The molecule has 0 N–H and O–H groups in total. The first-order valence-electron chi connectivity index (χ1n) is 7.13. The van der Waals surface area contributed by atoms with Crippen LogP contribution in [-0.4, -0.2) is 10.1 Å². The van der Waals surface area contributed by atoms with E-state index in [1.807, 2.05) is 27.7 Å². The fourth-order valence-electron chi connectivity index (χ4n) is 2.04. The lowest BCUT2D eigenvalue weighted by molar-refractivity contribution is 0.364. The van der Waals surface area contributed by atoms with Gasteiger partial charge in [-0.25, -0.2) is 8.78 Å². The van der Waals surface area contributed by atoms with Crippen LogP contribution >= 0.6 is 11.8 Å². The summed E-state index contributed by atoms with van der Waals surface area (Å²) in [4.78, 5) is 4.39. The van der Waals surface area contributed by atoms with E-state index in [0.717, 1.165) is 0 Å². The normalized spacial score (nSPS) is 14.9. The van der Waals surface area contributed by atoms with Crippen LogP contribution in [0.1, 0.15) is 62.4 Å². The summed E-state index contributed by atoms with van der Waals surface area (Å²) in [6.07, 6.45) is 0. The summed E-state index contributed by atoms with van der Waals surface area (Å²) < 4.78 is 32.9. The number of hydrogen-bond acceptors (Lipinski definition) is 4. The van der Waals surface area contributed by atoms with Crippen molar-refractivity contribution in [3.05, 3.63) is 47.1 Å². The molecular formula is C16H20F2N2OS. The average molecular weight is 326 g/mol. The Labute approximate surface area is 133 Å². The van der Waals surface area contributed by atoms with Crippen LogP contribution in [0.2, 0.25) is 0 Å². The summed E-state index contributed by atoms with van der Waals surface area (Å²) >= 11 is 1.38. The standard InChI is InChI=1S/C16H20F2N2OS/c1-9(13-11(17)7-6-8-12(13)18)22-10(2)14-19-15(20-21-14)16(3,4)5/h6-10H,1-5H3. The van der Waals surface area contributed by atoms with Gasteiger partial charge in [0.15, 0.2) is 5.82 Å². The summed E-state index contributed by atoms with van der Waals surface area (Å²) in [7, 11) is 0. The third kappa shape index (κ3) is 3.66. The minimum atomic E-state index is -0.534. The van der Waals surface area contributed by atoms with Gasteiger partial charge in [-0.1, -0.05) is 32.0 Å². The van der Waals surface area contributed by atoms with E-state index >= 15 is 0 Å². The highest BCUT2D eigenvalue weighted by molar-refractivity contribution is 7.99. The average Bonchev–Trinajstić information content (AvgIpc) is 2.87. The van der Waals surface area contributed by atoms with Crippen molar-refractivity contribution in [2.24, 2.45) is 0 Å². The van der Waals surface area contributed by atoms with Gasteiger partial charge in [0.1, 0.15) is 11.6 Å². The van der Waals surface area contributed by atoms with Gasteiger partial charge < -0.3 is 4.52 Å². The number of benzene rings is 1. The first-order valence-corrected chi connectivity index (χ1v) is 8.08. The zero-order valence-electron chi connectivity index (χ0n) is 13.4. The summed E-state index contributed by atoms with van der Waals surface area (Å²) in [5, 5.41) is 3.46. The van der Waals surface area contributed by atoms with Crippen LogP contribution in [0, 0.1) is 11.6 Å². The molecule has 0 aliphatic rings. The molecule has 0 spiro atoms. The molecule has 120 valence electrons. The molecule has 0 aliphatic heterocycles. The molecular weight excluding hydrogens is 306 g/mol. The maximum absolute atomic E-state index is 13.8. The molecule has 2 atom stereocenters. The fourth-order valence-corrected chi connectivity index (χ4v) is 3.22. The number of rotatable bonds is 4. The Bertz CT molecular complexity index is 632. The van der Waals surface area contributed by atoms with Crippen molar-refractivity contribution in [2.75, 3.05) is 0 Å². The molecule has 2 unspecified atom stereocenters. The monoisotopic (exact) mass is 326 g/mol. The smallest absolute Gasteiger partial charge is 0.239 e. The molecule has 2 rings (SSSR count). The summed E-state index contributed by atoms with van der Waals surface area (Å²) in [6, 6.07) is 3.90. The molecule has 6 heteroatoms. The zero-order valence-corrected chi connectivity index (χ0v) is 14.2. The Balaban J connectivity index is 2.15. The molecule has 1 aromatic carbocycles. The predicted molar refractivity (Wildman–Crippen MR) is 83.8 cm³/mol. The predicted octanol–water partition coefficient (Wildman–Crippen LogP) is 5.20. The van der Waals surface area contributed by atoms with E-state index in [-0.39, 0.29) is 21.5 Å². The van der Waals surface area contributed by atoms with Crippen LogP contribution in [0.25, 0.3) is 0 Å². The van der Waals surface area contributed by atoms with Gasteiger partial charge in [0.25, 0.3) is 0 Å². The van der Waals surface area contributed by atoms with E-state index in [1.165, 1.54) is 30.0 Å². The van der Waals surface area contributed by atoms with E-state index in [2.05, 4.69) is 10.1 Å². The van der Waals surface area contributed by atoms with Gasteiger partial charge in [-0.05, 0) is 26.0 Å². The molecule has 0 saturated carbocycles. The van der Waals surface area contributed by atoms with Crippen LogP contribution in [0.4, 0.5) is 8.78 Å². The Kier molecular flexibility index (Phi) is 4.90. The molecule has 0 aliphatic carbocycles. The van der Waals surface area contributed by atoms with Crippen molar-refractivity contribution in [1.82, 2.24) is 10.1 Å². The van der Waals surface area contributed by atoms with Crippen molar-refractivity contribution in [1.29, 1.82) is 0 Å². The second kappa shape index (κ2) is 6.36. The van der Waals surface area contributed by atoms with Gasteiger partial charge in [-0.3, -0.25) is 0 Å². The lowest BCUT2D eigenvalue weighted by atomic mass is 9.96. The minimum absolute atomic E-state index is 0.0786. The van der Waals surface area contributed by atoms with Crippen LogP contribution in [0.3, 0.4) is 0 Å². The topological polar surface area (TPSA) is 38.9 Å². The maximum Gasteiger partial charge on any atom is 0.239 e. The Morgan fingerprint density at radius 1 is 1.09 bits per heavy atom. The van der Waals surface area contributed by atoms with Gasteiger partial charge in [-0.15, -0.1) is 11.8 Å². The fraction of sp³-hybridized carbons (Fsp3) is 0.500. The highest BCUT2D eigenvalue weighted by Crippen LogP contribution is 2.41. The number of hydrogen-bond donors (Lipinski definition) is 0. The number of halogens is 2. The van der Waals surface area contributed by atoms with E-state index in [9.17, 15) is 8.78 Å².